The fourth-order valence-electron chi connectivity index (χ4n) is 4.45. The maximum atomic E-state index is 15.3. The average molecular weight is 454 g/mol. The number of ether oxygens (including phenoxy) is 1. The Bertz CT molecular complexity index is 1250. The molecule has 0 bridgehead atoms. The van der Waals surface area contributed by atoms with Crippen LogP contribution in [-0.2, 0) is 6.42 Å². The van der Waals surface area contributed by atoms with Crippen LogP contribution >= 0.6 is 0 Å². The van der Waals surface area contributed by atoms with E-state index in [0.717, 1.165) is 12.8 Å². The van der Waals surface area contributed by atoms with E-state index in [2.05, 4.69) is 5.32 Å². The van der Waals surface area contributed by atoms with Gasteiger partial charge in [-0.3, -0.25) is 4.79 Å². The Hall–Kier alpha value is -3.55. The minimum atomic E-state index is -1.37. The van der Waals surface area contributed by atoms with E-state index in [0.29, 0.717) is 24.4 Å². The van der Waals surface area contributed by atoms with E-state index in [4.69, 9.17) is 10.5 Å². The zero-order valence-corrected chi connectivity index (χ0v) is 18.7. The Kier molecular flexibility index (Phi) is 6.26. The molecule has 0 fully saturated rings. The number of carbonyl (C=O) groups is 1. The topological polar surface area (TPSA) is 107 Å². The van der Waals surface area contributed by atoms with E-state index in [-0.39, 0.29) is 35.2 Å². The van der Waals surface area contributed by atoms with E-state index >= 15 is 4.39 Å². The minimum absolute atomic E-state index is 0.104. The van der Waals surface area contributed by atoms with Gasteiger partial charge in [0.15, 0.2) is 11.6 Å². The number of hydrogen-bond donors (Lipinski definition) is 3. The Morgan fingerprint density at radius 3 is 2.73 bits per heavy atom. The number of carboxylic acid groups (broad SMARTS) is 1. The van der Waals surface area contributed by atoms with Gasteiger partial charge >= 0.3 is 5.97 Å². The number of anilines is 2. The molecule has 0 amide bonds. The summed E-state index contributed by atoms with van der Waals surface area (Å²) in [6, 6.07) is 9.78. The molecule has 0 saturated heterocycles. The summed E-state index contributed by atoms with van der Waals surface area (Å²) in [5.41, 5.74) is 6.09. The third kappa shape index (κ3) is 4.25. The Morgan fingerprint density at radius 2 is 2.06 bits per heavy atom. The number of benzene rings is 2. The zero-order valence-electron chi connectivity index (χ0n) is 18.7. The van der Waals surface area contributed by atoms with Crippen LogP contribution in [0.1, 0.15) is 48.7 Å². The predicted molar refractivity (Wildman–Crippen MR) is 127 cm³/mol. The first-order valence-electron chi connectivity index (χ1n) is 11.1. The molecule has 0 unspecified atom stereocenters. The molecular weight excluding hydrogens is 425 g/mol. The summed E-state index contributed by atoms with van der Waals surface area (Å²) in [6.07, 6.45) is 3.61. The summed E-state index contributed by atoms with van der Waals surface area (Å²) in [6.45, 7) is 4.81. The fraction of sp³-hybridized carbons (Fsp3) is 0.360. The van der Waals surface area contributed by atoms with Crippen molar-refractivity contribution in [2.24, 2.45) is 5.92 Å². The summed E-state index contributed by atoms with van der Waals surface area (Å²) in [5, 5.41) is 12.5. The SMILES string of the molecule is CC(C)C[C@H]1COc2c(NCCCc3ccccc3)c(F)c(N)c3c(=O)c(C(=O)O)cn1c23. The number of nitrogen functional groups attached to an aromatic ring is 1. The van der Waals surface area contributed by atoms with E-state index in [1.807, 2.05) is 44.2 Å². The van der Waals surface area contributed by atoms with E-state index < -0.39 is 22.8 Å². The second-order valence-corrected chi connectivity index (χ2v) is 8.85. The molecular formula is C25H28FN3O4. The molecule has 4 rings (SSSR count). The summed E-state index contributed by atoms with van der Waals surface area (Å²) >= 11 is 0. The highest BCUT2D eigenvalue weighted by atomic mass is 19.1. The number of pyridine rings is 1. The fourth-order valence-corrected chi connectivity index (χ4v) is 4.45. The van der Waals surface area contributed by atoms with Crippen molar-refractivity contribution in [3.05, 3.63) is 63.7 Å². The second-order valence-electron chi connectivity index (χ2n) is 8.85. The summed E-state index contributed by atoms with van der Waals surface area (Å²) in [5.74, 6) is -1.67. The van der Waals surface area contributed by atoms with Crippen molar-refractivity contribution < 1.29 is 19.0 Å². The summed E-state index contributed by atoms with van der Waals surface area (Å²) in [7, 11) is 0. The Morgan fingerprint density at radius 1 is 1.33 bits per heavy atom. The van der Waals surface area contributed by atoms with Crippen LogP contribution in [0.15, 0.2) is 41.3 Å². The molecule has 7 nitrogen and oxygen atoms in total. The first kappa shape index (κ1) is 22.6. The molecule has 4 N–H and O–H groups in total. The quantitative estimate of drug-likeness (QED) is 0.344. The van der Waals surface area contributed by atoms with Crippen molar-refractivity contribution >= 4 is 28.2 Å². The van der Waals surface area contributed by atoms with Gasteiger partial charge in [0.25, 0.3) is 0 Å². The molecule has 33 heavy (non-hydrogen) atoms. The largest absolute Gasteiger partial charge is 0.487 e. The summed E-state index contributed by atoms with van der Waals surface area (Å²) in [4.78, 5) is 24.7. The van der Waals surface area contributed by atoms with Crippen molar-refractivity contribution in [2.75, 3.05) is 24.2 Å². The van der Waals surface area contributed by atoms with Crippen LogP contribution in [0.2, 0.25) is 0 Å². The first-order chi connectivity index (χ1) is 15.8. The van der Waals surface area contributed by atoms with Crippen LogP contribution in [0.4, 0.5) is 15.8 Å². The van der Waals surface area contributed by atoms with Crippen LogP contribution < -0.4 is 21.2 Å². The third-order valence-electron chi connectivity index (χ3n) is 5.98. The molecule has 2 aromatic carbocycles. The number of nitrogens with zero attached hydrogens (tertiary/aromatic N) is 1. The van der Waals surface area contributed by atoms with Gasteiger partial charge < -0.3 is 25.5 Å². The van der Waals surface area contributed by atoms with Crippen molar-refractivity contribution in [3.63, 3.8) is 0 Å². The smallest absolute Gasteiger partial charge is 0.341 e. The predicted octanol–water partition coefficient (Wildman–Crippen LogP) is 4.45. The molecule has 0 saturated carbocycles. The molecule has 1 aromatic heterocycles. The minimum Gasteiger partial charge on any atom is -0.487 e. The Labute approximate surface area is 191 Å². The molecule has 0 spiro atoms. The lowest BCUT2D eigenvalue weighted by atomic mass is 9.99. The number of nitrogens with two attached hydrogens (primary N) is 1. The number of rotatable bonds is 8. The molecule has 8 heteroatoms. The van der Waals surface area contributed by atoms with Crippen LogP contribution in [0.3, 0.4) is 0 Å². The van der Waals surface area contributed by atoms with Crippen molar-refractivity contribution in [1.82, 2.24) is 4.57 Å². The molecule has 1 aliphatic rings. The highest BCUT2D eigenvalue weighted by Crippen LogP contribution is 2.44. The van der Waals surface area contributed by atoms with Gasteiger partial charge in [0.2, 0.25) is 5.43 Å². The van der Waals surface area contributed by atoms with Crippen LogP contribution in [0.5, 0.6) is 5.75 Å². The maximum absolute atomic E-state index is 15.3. The highest BCUT2D eigenvalue weighted by Gasteiger charge is 2.32. The van der Waals surface area contributed by atoms with Gasteiger partial charge in [-0.2, -0.15) is 0 Å². The molecule has 1 aliphatic heterocycles. The molecule has 1 atom stereocenters. The average Bonchev–Trinajstić information content (AvgIpc) is 2.78. The lowest BCUT2D eigenvalue weighted by Crippen LogP contribution is -2.30. The number of carboxylic acids is 1. The van der Waals surface area contributed by atoms with E-state index in [9.17, 15) is 14.7 Å². The lowest BCUT2D eigenvalue weighted by Gasteiger charge is -2.32. The zero-order chi connectivity index (χ0) is 23.7. The highest BCUT2D eigenvalue weighted by molar-refractivity contribution is 6.03. The number of aryl methyl sites for hydroxylation is 1. The first-order valence-corrected chi connectivity index (χ1v) is 11.1. The molecule has 174 valence electrons. The van der Waals surface area contributed by atoms with Gasteiger partial charge in [0.1, 0.15) is 17.9 Å². The van der Waals surface area contributed by atoms with Crippen LogP contribution in [0.25, 0.3) is 10.9 Å². The van der Waals surface area contributed by atoms with Crippen molar-refractivity contribution in [2.45, 2.75) is 39.2 Å². The van der Waals surface area contributed by atoms with Gasteiger partial charge in [-0.25, -0.2) is 9.18 Å². The maximum Gasteiger partial charge on any atom is 0.341 e. The van der Waals surface area contributed by atoms with Gasteiger partial charge in [-0.05, 0) is 30.7 Å². The van der Waals surface area contributed by atoms with Crippen molar-refractivity contribution in [3.8, 4) is 5.75 Å². The number of nitrogens with one attached hydrogen (secondary N) is 1. The lowest BCUT2D eigenvalue weighted by molar-refractivity contribution is 0.0694. The monoisotopic (exact) mass is 453 g/mol. The number of aromatic carboxylic acids is 1. The van der Waals surface area contributed by atoms with Crippen molar-refractivity contribution in [1.29, 1.82) is 0 Å². The van der Waals surface area contributed by atoms with E-state index in [1.165, 1.54) is 11.8 Å². The van der Waals surface area contributed by atoms with Crippen LogP contribution in [-0.4, -0.2) is 28.8 Å². The van der Waals surface area contributed by atoms with E-state index in [1.54, 1.807) is 4.57 Å². The number of aromatic nitrogens is 1. The second kappa shape index (κ2) is 9.13. The number of hydrogen-bond acceptors (Lipinski definition) is 5. The van der Waals surface area contributed by atoms with Crippen LogP contribution in [0, 0.1) is 11.7 Å². The molecule has 0 radical (unpaired) electrons. The standard InChI is InChI=1S/C25H28FN3O4/c1-14(2)11-16-13-33-24-21(28-10-6-9-15-7-4-3-5-8-15)19(26)20(27)18-22(24)29(16)12-17(23(18)30)25(31)32/h3-5,7-8,12,14,16,28H,6,9-11,13,27H2,1-2H3,(H,31,32)/t16-/m0/s1. The van der Waals surface area contributed by atoms with Gasteiger partial charge in [-0.15, -0.1) is 0 Å². The molecule has 2 heterocycles. The summed E-state index contributed by atoms with van der Waals surface area (Å²) < 4.78 is 23.0. The molecule has 0 aliphatic carbocycles. The normalized spacial score (nSPS) is 15.0. The van der Waals surface area contributed by atoms with Gasteiger partial charge in [0, 0.05) is 12.7 Å². The number of halogens is 1. The van der Waals surface area contributed by atoms with Gasteiger partial charge in [0.05, 0.1) is 22.6 Å². The Balaban J connectivity index is 1.78. The third-order valence-corrected chi connectivity index (χ3v) is 5.98. The molecule has 3 aromatic rings. The van der Waals surface area contributed by atoms with Gasteiger partial charge in [-0.1, -0.05) is 44.2 Å².